The van der Waals surface area contributed by atoms with Gasteiger partial charge in [-0.3, -0.25) is 0 Å². The molecule has 16 heavy (non-hydrogen) atoms. The minimum absolute atomic E-state index is 0.394. The van der Waals surface area contributed by atoms with E-state index < -0.39 is 11.5 Å². The van der Waals surface area contributed by atoms with E-state index in [4.69, 9.17) is 10.00 Å². The van der Waals surface area contributed by atoms with Crippen molar-refractivity contribution >= 4 is 0 Å². The van der Waals surface area contributed by atoms with Crippen LogP contribution >= 0.6 is 0 Å². The normalized spacial score (nSPS) is 15.9. The molecular weight excluding hydrogens is 202 g/mol. The fourth-order valence-corrected chi connectivity index (χ4v) is 1.45. The van der Waals surface area contributed by atoms with E-state index in [0.29, 0.717) is 6.42 Å². The third kappa shape index (κ3) is 2.98. The van der Waals surface area contributed by atoms with Gasteiger partial charge in [0.15, 0.2) is 0 Å². The van der Waals surface area contributed by atoms with E-state index in [-0.39, 0.29) is 0 Å². The molecule has 0 radical (unpaired) electrons. The number of nitriles is 1. The first-order valence-corrected chi connectivity index (χ1v) is 5.24. The molecule has 0 fully saturated rings. The molecule has 0 saturated carbocycles. The number of nitrogens with zero attached hydrogens (tertiary/aromatic N) is 1. The van der Waals surface area contributed by atoms with Gasteiger partial charge in [-0.25, -0.2) is 0 Å². The number of rotatable bonds is 4. The van der Waals surface area contributed by atoms with Crippen molar-refractivity contribution in [3.63, 3.8) is 0 Å². The SMILES string of the molecule is COc1ccc(CC(C)(O)C(C)C#N)cc1. The molecular formula is C13H17NO2. The van der Waals surface area contributed by atoms with E-state index in [0.717, 1.165) is 11.3 Å². The molecule has 0 aromatic heterocycles. The van der Waals surface area contributed by atoms with Gasteiger partial charge in [-0.1, -0.05) is 12.1 Å². The van der Waals surface area contributed by atoms with Gasteiger partial charge in [-0.05, 0) is 31.5 Å². The summed E-state index contributed by atoms with van der Waals surface area (Å²) in [4.78, 5) is 0. The topological polar surface area (TPSA) is 53.2 Å². The molecule has 0 spiro atoms. The summed E-state index contributed by atoms with van der Waals surface area (Å²) in [6.45, 7) is 3.41. The standard InChI is InChI=1S/C13H17NO2/c1-10(9-14)13(2,15)8-11-4-6-12(16-3)7-5-11/h4-7,10,15H,8H2,1-3H3. The molecule has 0 bridgehead atoms. The smallest absolute Gasteiger partial charge is 0.118 e. The molecule has 2 unspecified atom stereocenters. The maximum absolute atomic E-state index is 10.1. The maximum atomic E-state index is 10.1. The molecule has 3 nitrogen and oxygen atoms in total. The minimum atomic E-state index is -0.997. The lowest BCUT2D eigenvalue weighted by Gasteiger charge is -2.25. The van der Waals surface area contributed by atoms with Crippen LogP contribution in [0.2, 0.25) is 0 Å². The van der Waals surface area contributed by atoms with Crippen LogP contribution in [-0.4, -0.2) is 17.8 Å². The third-order valence-corrected chi connectivity index (χ3v) is 2.85. The second-order valence-electron chi connectivity index (χ2n) is 4.23. The Labute approximate surface area is 96.3 Å². The maximum Gasteiger partial charge on any atom is 0.118 e. The van der Waals surface area contributed by atoms with Crippen molar-refractivity contribution < 1.29 is 9.84 Å². The van der Waals surface area contributed by atoms with Crippen LogP contribution in [0, 0.1) is 17.2 Å². The average molecular weight is 219 g/mol. The van der Waals surface area contributed by atoms with Crippen molar-refractivity contribution in [2.75, 3.05) is 7.11 Å². The summed E-state index contributed by atoms with van der Waals surface area (Å²) in [5.41, 5.74) is -0.00326. The molecule has 0 heterocycles. The van der Waals surface area contributed by atoms with Gasteiger partial charge in [-0.15, -0.1) is 0 Å². The molecule has 1 aromatic carbocycles. The predicted molar refractivity (Wildman–Crippen MR) is 62.1 cm³/mol. The van der Waals surface area contributed by atoms with Gasteiger partial charge < -0.3 is 9.84 Å². The summed E-state index contributed by atoms with van der Waals surface area (Å²) < 4.78 is 5.05. The van der Waals surface area contributed by atoms with Crippen LogP contribution in [0.5, 0.6) is 5.75 Å². The van der Waals surface area contributed by atoms with Crippen molar-refractivity contribution in [1.82, 2.24) is 0 Å². The second kappa shape index (κ2) is 5.00. The third-order valence-electron chi connectivity index (χ3n) is 2.85. The Balaban J connectivity index is 2.77. The first-order valence-electron chi connectivity index (χ1n) is 5.24. The second-order valence-corrected chi connectivity index (χ2v) is 4.23. The Hall–Kier alpha value is -1.53. The molecule has 1 aromatic rings. The highest BCUT2D eigenvalue weighted by atomic mass is 16.5. The number of methoxy groups -OCH3 is 1. The Bertz CT molecular complexity index is 376. The van der Waals surface area contributed by atoms with Crippen LogP contribution in [0.3, 0.4) is 0 Å². The summed E-state index contributed by atoms with van der Waals surface area (Å²) in [6, 6.07) is 9.57. The molecule has 1 N–H and O–H groups in total. The first-order chi connectivity index (χ1) is 7.49. The fourth-order valence-electron chi connectivity index (χ4n) is 1.45. The largest absolute Gasteiger partial charge is 0.497 e. The van der Waals surface area contributed by atoms with Crippen LogP contribution in [0.15, 0.2) is 24.3 Å². The summed E-state index contributed by atoms with van der Waals surface area (Å²) in [7, 11) is 1.61. The van der Waals surface area contributed by atoms with E-state index in [1.807, 2.05) is 24.3 Å². The van der Waals surface area contributed by atoms with Crippen molar-refractivity contribution in [3.05, 3.63) is 29.8 Å². The number of benzene rings is 1. The zero-order valence-corrected chi connectivity index (χ0v) is 9.90. The van der Waals surface area contributed by atoms with Crippen molar-refractivity contribution in [3.8, 4) is 11.8 Å². The first kappa shape index (κ1) is 12.5. The Kier molecular flexibility index (Phi) is 3.92. The molecule has 2 atom stereocenters. The lowest BCUT2D eigenvalue weighted by Crippen LogP contribution is -2.34. The quantitative estimate of drug-likeness (QED) is 0.844. The van der Waals surface area contributed by atoms with E-state index in [9.17, 15) is 5.11 Å². The number of aliphatic hydroxyl groups is 1. The fraction of sp³-hybridized carbons (Fsp3) is 0.462. The van der Waals surface area contributed by atoms with Gasteiger partial charge in [-0.2, -0.15) is 5.26 Å². The number of hydrogen-bond donors (Lipinski definition) is 1. The summed E-state index contributed by atoms with van der Waals surface area (Å²) in [5, 5.41) is 18.9. The van der Waals surface area contributed by atoms with Crippen LogP contribution in [0.25, 0.3) is 0 Å². The zero-order valence-electron chi connectivity index (χ0n) is 9.90. The van der Waals surface area contributed by atoms with Gasteiger partial charge in [0, 0.05) is 6.42 Å². The predicted octanol–water partition coefficient (Wildman–Crippen LogP) is 2.15. The zero-order chi connectivity index (χ0) is 12.2. The van der Waals surface area contributed by atoms with Crippen molar-refractivity contribution in [2.45, 2.75) is 25.9 Å². The highest BCUT2D eigenvalue weighted by Crippen LogP contribution is 2.22. The van der Waals surface area contributed by atoms with Crippen molar-refractivity contribution in [2.24, 2.45) is 5.92 Å². The monoisotopic (exact) mass is 219 g/mol. The van der Waals surface area contributed by atoms with Gasteiger partial charge in [0.1, 0.15) is 5.75 Å². The molecule has 3 heteroatoms. The van der Waals surface area contributed by atoms with Crippen LogP contribution in [-0.2, 0) is 6.42 Å². The number of ether oxygens (including phenoxy) is 1. The van der Waals surface area contributed by atoms with E-state index in [1.54, 1.807) is 21.0 Å². The van der Waals surface area contributed by atoms with Crippen LogP contribution < -0.4 is 4.74 Å². The van der Waals surface area contributed by atoms with E-state index >= 15 is 0 Å². The molecule has 1 rings (SSSR count). The lowest BCUT2D eigenvalue weighted by molar-refractivity contribution is 0.0277. The molecule has 0 saturated heterocycles. The van der Waals surface area contributed by atoms with Gasteiger partial charge in [0.05, 0.1) is 24.7 Å². The van der Waals surface area contributed by atoms with Crippen molar-refractivity contribution in [1.29, 1.82) is 5.26 Å². The van der Waals surface area contributed by atoms with Gasteiger partial charge in [0.2, 0.25) is 0 Å². The Morgan fingerprint density at radius 1 is 1.44 bits per heavy atom. The molecule has 0 aliphatic heterocycles. The van der Waals surface area contributed by atoms with E-state index in [1.165, 1.54) is 0 Å². The van der Waals surface area contributed by atoms with Gasteiger partial charge in [0.25, 0.3) is 0 Å². The minimum Gasteiger partial charge on any atom is -0.497 e. The lowest BCUT2D eigenvalue weighted by atomic mass is 9.86. The Morgan fingerprint density at radius 3 is 2.44 bits per heavy atom. The molecule has 0 amide bonds. The summed E-state index contributed by atoms with van der Waals surface area (Å²) >= 11 is 0. The highest BCUT2D eigenvalue weighted by Gasteiger charge is 2.28. The molecule has 0 aliphatic carbocycles. The summed E-state index contributed by atoms with van der Waals surface area (Å²) in [5.74, 6) is 0.395. The summed E-state index contributed by atoms with van der Waals surface area (Å²) in [6.07, 6.45) is 0.464. The highest BCUT2D eigenvalue weighted by molar-refractivity contribution is 5.28. The van der Waals surface area contributed by atoms with Crippen LogP contribution in [0.4, 0.5) is 0 Å². The molecule has 86 valence electrons. The Morgan fingerprint density at radius 2 is 2.00 bits per heavy atom. The van der Waals surface area contributed by atoms with E-state index in [2.05, 4.69) is 6.07 Å². The average Bonchev–Trinajstić information content (AvgIpc) is 2.28. The number of hydrogen-bond acceptors (Lipinski definition) is 3. The van der Waals surface area contributed by atoms with Crippen LogP contribution in [0.1, 0.15) is 19.4 Å². The van der Waals surface area contributed by atoms with Gasteiger partial charge >= 0.3 is 0 Å². The molecule has 0 aliphatic rings.